The first-order chi connectivity index (χ1) is 10.8. The van der Waals surface area contributed by atoms with Gasteiger partial charge in [-0.1, -0.05) is 109 Å². The van der Waals surface area contributed by atoms with Gasteiger partial charge in [0.1, 0.15) is 0 Å². The summed E-state index contributed by atoms with van der Waals surface area (Å²) in [4.78, 5) is 10.6. The van der Waals surface area contributed by atoms with Gasteiger partial charge in [0.2, 0.25) is 0 Å². The fourth-order valence-electron chi connectivity index (χ4n) is 3.21. The van der Waals surface area contributed by atoms with E-state index in [9.17, 15) is 4.91 Å². The maximum Gasteiger partial charge on any atom is 0.0839 e. The van der Waals surface area contributed by atoms with Crippen LogP contribution >= 0.6 is 0 Å². The lowest BCUT2D eigenvalue weighted by molar-refractivity contribution is 0.410. The van der Waals surface area contributed by atoms with Crippen LogP contribution in [-0.4, -0.2) is 6.54 Å². The van der Waals surface area contributed by atoms with E-state index in [2.05, 4.69) is 19.0 Å². The van der Waals surface area contributed by atoms with Gasteiger partial charge in [0.15, 0.2) is 0 Å². The van der Waals surface area contributed by atoms with Crippen LogP contribution in [0.3, 0.4) is 0 Å². The molecule has 0 heterocycles. The molecule has 0 spiro atoms. The molecule has 2 nitrogen and oxygen atoms in total. The molecule has 0 radical (unpaired) electrons. The van der Waals surface area contributed by atoms with Crippen LogP contribution in [0.15, 0.2) is 5.18 Å². The molecule has 0 saturated heterocycles. The van der Waals surface area contributed by atoms with Crippen LogP contribution in [0.2, 0.25) is 0 Å². The van der Waals surface area contributed by atoms with Crippen molar-refractivity contribution in [1.82, 2.24) is 0 Å². The lowest BCUT2D eigenvalue weighted by Crippen LogP contribution is -2.04. The lowest BCUT2D eigenvalue weighted by Gasteiger charge is -2.13. The molecule has 2 heteroatoms. The predicted octanol–water partition coefficient (Wildman–Crippen LogP) is 7.65. The molecule has 0 aromatic carbocycles. The van der Waals surface area contributed by atoms with Gasteiger partial charge < -0.3 is 0 Å². The fraction of sp³-hybridized carbons (Fsp3) is 1.00. The van der Waals surface area contributed by atoms with E-state index < -0.39 is 0 Å². The molecule has 0 aromatic rings. The molecule has 1 unspecified atom stereocenters. The second-order valence-electron chi connectivity index (χ2n) is 7.00. The van der Waals surface area contributed by atoms with Crippen molar-refractivity contribution in [2.75, 3.05) is 6.54 Å². The Hall–Kier alpha value is -0.400. The van der Waals surface area contributed by atoms with E-state index in [0.29, 0.717) is 12.5 Å². The SMILES string of the molecule is CCCCCCCCCCC(CCCCCCCC)CN=O. The van der Waals surface area contributed by atoms with Crippen LogP contribution in [0.1, 0.15) is 117 Å². The average molecular weight is 312 g/mol. The van der Waals surface area contributed by atoms with Gasteiger partial charge in [0.25, 0.3) is 0 Å². The van der Waals surface area contributed by atoms with Gasteiger partial charge in [-0.25, -0.2) is 0 Å². The number of nitroso groups, excluding NO2 is 1. The van der Waals surface area contributed by atoms with Crippen molar-refractivity contribution in [3.05, 3.63) is 4.91 Å². The molecule has 0 rings (SSSR count). The van der Waals surface area contributed by atoms with E-state index in [1.165, 1.54) is 103 Å². The van der Waals surface area contributed by atoms with Gasteiger partial charge >= 0.3 is 0 Å². The zero-order valence-electron chi connectivity index (χ0n) is 15.5. The largest absolute Gasteiger partial charge is 0.151 e. The summed E-state index contributed by atoms with van der Waals surface area (Å²) < 4.78 is 0. The molecule has 0 aromatic heterocycles. The van der Waals surface area contributed by atoms with Gasteiger partial charge in [-0.2, -0.15) is 4.91 Å². The highest BCUT2D eigenvalue weighted by atomic mass is 16.3. The minimum absolute atomic E-state index is 0.547. The first-order valence-electron chi connectivity index (χ1n) is 10.1. The molecule has 132 valence electrons. The minimum atomic E-state index is 0.547. The number of hydrogen-bond donors (Lipinski definition) is 0. The topological polar surface area (TPSA) is 29.4 Å². The Balaban J connectivity index is 3.45. The van der Waals surface area contributed by atoms with Crippen LogP contribution in [0, 0.1) is 10.8 Å². The van der Waals surface area contributed by atoms with Gasteiger partial charge in [-0.05, 0) is 18.8 Å². The van der Waals surface area contributed by atoms with Crippen LogP contribution in [0.4, 0.5) is 0 Å². The quantitative estimate of drug-likeness (QED) is 0.189. The molecule has 0 N–H and O–H groups in total. The summed E-state index contributed by atoms with van der Waals surface area (Å²) >= 11 is 0. The molecular weight excluding hydrogens is 270 g/mol. The summed E-state index contributed by atoms with van der Waals surface area (Å²) in [5.41, 5.74) is 0. The molecule has 22 heavy (non-hydrogen) atoms. The van der Waals surface area contributed by atoms with Crippen molar-refractivity contribution in [2.45, 2.75) is 117 Å². The van der Waals surface area contributed by atoms with E-state index in [0.717, 1.165) is 0 Å². The molecule has 0 aliphatic carbocycles. The third kappa shape index (κ3) is 16.0. The van der Waals surface area contributed by atoms with Crippen molar-refractivity contribution in [3.8, 4) is 0 Å². The fourth-order valence-corrected chi connectivity index (χ4v) is 3.21. The molecule has 0 fully saturated rings. The molecule has 0 aliphatic heterocycles. The summed E-state index contributed by atoms with van der Waals surface area (Å²) in [5, 5.41) is 3.16. The van der Waals surface area contributed by atoms with Crippen molar-refractivity contribution < 1.29 is 0 Å². The summed E-state index contributed by atoms with van der Waals surface area (Å²) in [6, 6.07) is 0. The van der Waals surface area contributed by atoms with Gasteiger partial charge in [-0.3, -0.25) is 0 Å². The second kappa shape index (κ2) is 18.6. The second-order valence-corrected chi connectivity index (χ2v) is 7.00. The Labute approximate surface area is 139 Å². The highest BCUT2D eigenvalue weighted by Crippen LogP contribution is 2.19. The monoisotopic (exact) mass is 311 g/mol. The molecular formula is C20H41NO. The van der Waals surface area contributed by atoms with Crippen LogP contribution in [0.25, 0.3) is 0 Å². The Morgan fingerprint density at radius 3 is 1.32 bits per heavy atom. The van der Waals surface area contributed by atoms with Crippen molar-refractivity contribution in [2.24, 2.45) is 11.1 Å². The third-order valence-corrected chi connectivity index (χ3v) is 4.76. The Morgan fingerprint density at radius 1 is 0.591 bits per heavy atom. The van der Waals surface area contributed by atoms with Crippen molar-refractivity contribution in [3.63, 3.8) is 0 Å². The minimum Gasteiger partial charge on any atom is -0.151 e. The maximum atomic E-state index is 10.6. The summed E-state index contributed by atoms with van der Waals surface area (Å²) in [6.45, 7) is 5.08. The van der Waals surface area contributed by atoms with Gasteiger partial charge in [0, 0.05) is 0 Å². The van der Waals surface area contributed by atoms with Crippen molar-refractivity contribution in [1.29, 1.82) is 0 Å². The summed E-state index contributed by atoms with van der Waals surface area (Å²) in [6.07, 6.45) is 21.5. The normalized spacial score (nSPS) is 12.5. The smallest absolute Gasteiger partial charge is 0.0839 e. The van der Waals surface area contributed by atoms with E-state index in [4.69, 9.17) is 0 Å². The van der Waals surface area contributed by atoms with Gasteiger partial charge in [0.05, 0.1) is 6.54 Å². The first kappa shape index (κ1) is 21.6. The molecule has 0 bridgehead atoms. The number of nitrogens with zero attached hydrogens (tertiary/aromatic N) is 1. The van der Waals surface area contributed by atoms with E-state index >= 15 is 0 Å². The number of unbranched alkanes of at least 4 members (excludes halogenated alkanes) is 12. The van der Waals surface area contributed by atoms with Crippen LogP contribution < -0.4 is 0 Å². The molecule has 0 amide bonds. The summed E-state index contributed by atoms with van der Waals surface area (Å²) in [7, 11) is 0. The van der Waals surface area contributed by atoms with Crippen molar-refractivity contribution >= 4 is 0 Å². The summed E-state index contributed by atoms with van der Waals surface area (Å²) in [5.74, 6) is 0.559. The van der Waals surface area contributed by atoms with Crippen LogP contribution in [0.5, 0.6) is 0 Å². The Morgan fingerprint density at radius 2 is 0.955 bits per heavy atom. The highest BCUT2D eigenvalue weighted by Gasteiger charge is 2.08. The zero-order valence-corrected chi connectivity index (χ0v) is 15.5. The standard InChI is InChI=1S/C20H41NO/c1-3-5-7-9-11-12-14-16-18-20(19-21-22)17-15-13-10-8-6-4-2/h20H,3-19H2,1-2H3. The zero-order chi connectivity index (χ0) is 16.3. The molecule has 0 aliphatic rings. The van der Waals surface area contributed by atoms with Gasteiger partial charge in [-0.15, -0.1) is 0 Å². The Kier molecular flexibility index (Phi) is 18.3. The molecule has 0 saturated carbocycles. The van der Waals surface area contributed by atoms with Crippen LogP contribution in [-0.2, 0) is 0 Å². The number of rotatable bonds is 18. The highest BCUT2D eigenvalue weighted by molar-refractivity contribution is 4.63. The maximum absolute atomic E-state index is 10.6. The lowest BCUT2D eigenvalue weighted by atomic mass is 9.94. The molecule has 1 atom stereocenters. The predicted molar refractivity (Wildman–Crippen MR) is 99.4 cm³/mol. The first-order valence-corrected chi connectivity index (χ1v) is 10.1. The van der Waals surface area contributed by atoms with E-state index in [1.54, 1.807) is 0 Å². The average Bonchev–Trinajstić information content (AvgIpc) is 2.53. The Bertz CT molecular complexity index is 218. The van der Waals surface area contributed by atoms with E-state index in [1.807, 2.05) is 0 Å². The number of hydrogen-bond acceptors (Lipinski definition) is 2. The third-order valence-electron chi connectivity index (χ3n) is 4.76. The van der Waals surface area contributed by atoms with E-state index in [-0.39, 0.29) is 0 Å².